The smallest absolute Gasteiger partial charge is 0.0803 e. The summed E-state index contributed by atoms with van der Waals surface area (Å²) in [7, 11) is 0. The number of rotatable bonds is 0. The molecule has 0 spiro atoms. The van der Waals surface area contributed by atoms with Crippen LogP contribution >= 0.6 is 0 Å². The third kappa shape index (κ3) is 0.951. The second-order valence-corrected chi connectivity index (χ2v) is 2.38. The molecule has 11 heavy (non-hydrogen) atoms. The van der Waals surface area contributed by atoms with Gasteiger partial charge < -0.3 is 5.32 Å². The van der Waals surface area contributed by atoms with Gasteiger partial charge in [-0.05, 0) is 12.1 Å². The Morgan fingerprint density at radius 2 is 2.09 bits per heavy atom. The molecule has 0 bridgehead atoms. The van der Waals surface area contributed by atoms with Crippen LogP contribution in [0.5, 0.6) is 0 Å². The fourth-order valence-corrected chi connectivity index (χ4v) is 1.11. The van der Waals surface area contributed by atoms with E-state index in [-0.39, 0.29) is 0 Å². The van der Waals surface area contributed by atoms with Crippen LogP contribution in [0.15, 0.2) is 36.7 Å². The van der Waals surface area contributed by atoms with Crippen LogP contribution in [0, 0.1) is 0 Å². The van der Waals surface area contributed by atoms with Gasteiger partial charge in [0.05, 0.1) is 11.4 Å². The van der Waals surface area contributed by atoms with Gasteiger partial charge in [-0.3, -0.25) is 5.01 Å². The first-order chi connectivity index (χ1) is 5.38. The van der Waals surface area contributed by atoms with Crippen molar-refractivity contribution < 1.29 is 0 Å². The Morgan fingerprint density at radius 3 is 2.91 bits per heavy atom. The number of hydrogen-bond donors (Lipinski definition) is 2. The quantitative estimate of drug-likeness (QED) is 0.543. The lowest BCUT2D eigenvalue weighted by atomic mass is 10.2. The maximum atomic E-state index is 5.65. The third-order valence-electron chi connectivity index (χ3n) is 1.66. The van der Waals surface area contributed by atoms with Crippen molar-refractivity contribution in [2.45, 2.75) is 0 Å². The molecule has 3 N–H and O–H groups in total. The zero-order chi connectivity index (χ0) is 7.68. The number of anilines is 2. The maximum absolute atomic E-state index is 5.65. The van der Waals surface area contributed by atoms with Gasteiger partial charge >= 0.3 is 0 Å². The fraction of sp³-hybridized carbons (Fsp3) is 0. The van der Waals surface area contributed by atoms with Crippen molar-refractivity contribution in [3.05, 3.63) is 36.7 Å². The average molecular weight is 147 g/mol. The number of hydrazine groups is 1. The van der Waals surface area contributed by atoms with Crippen LogP contribution in [0.3, 0.4) is 0 Å². The van der Waals surface area contributed by atoms with Gasteiger partial charge in [-0.2, -0.15) is 0 Å². The number of hydrogen-bond acceptors (Lipinski definition) is 3. The summed E-state index contributed by atoms with van der Waals surface area (Å²) in [4.78, 5) is 0. The Morgan fingerprint density at radius 1 is 1.27 bits per heavy atom. The Balaban J connectivity index is 2.50. The van der Waals surface area contributed by atoms with Crippen LogP contribution in [0.1, 0.15) is 0 Å². The summed E-state index contributed by atoms with van der Waals surface area (Å²) in [5.74, 6) is 5.65. The molecule has 1 heterocycles. The minimum Gasteiger partial charge on any atom is -0.359 e. The van der Waals surface area contributed by atoms with E-state index in [0.717, 1.165) is 11.4 Å². The van der Waals surface area contributed by atoms with Crippen molar-refractivity contribution in [3.8, 4) is 0 Å². The molecule has 3 heteroatoms. The predicted molar refractivity (Wildman–Crippen MR) is 45.9 cm³/mol. The standard InChI is InChI=1S/C8H9N3/c9-11-6-5-10-7-3-1-2-4-8(7)11/h1-6,10H,9H2. The van der Waals surface area contributed by atoms with Crippen LogP contribution in [0.2, 0.25) is 0 Å². The Labute approximate surface area is 65.1 Å². The molecule has 0 aromatic heterocycles. The van der Waals surface area contributed by atoms with E-state index in [1.807, 2.05) is 30.5 Å². The number of nitrogens with zero attached hydrogens (tertiary/aromatic N) is 1. The number of nitrogens with two attached hydrogens (primary N) is 1. The number of nitrogens with one attached hydrogen (secondary N) is 1. The highest BCUT2D eigenvalue weighted by Crippen LogP contribution is 2.25. The van der Waals surface area contributed by atoms with Gasteiger partial charge in [0.1, 0.15) is 0 Å². The molecule has 1 aromatic carbocycles. The Kier molecular flexibility index (Phi) is 1.30. The Hall–Kier alpha value is -1.48. The molecule has 0 saturated heterocycles. The van der Waals surface area contributed by atoms with Crippen molar-refractivity contribution >= 4 is 11.4 Å². The van der Waals surface area contributed by atoms with Gasteiger partial charge in [0.2, 0.25) is 0 Å². The first-order valence-electron chi connectivity index (χ1n) is 3.44. The normalized spacial score (nSPS) is 14.1. The predicted octanol–water partition coefficient (Wildman–Crippen LogP) is 1.26. The van der Waals surface area contributed by atoms with Gasteiger partial charge in [0, 0.05) is 12.4 Å². The summed E-state index contributed by atoms with van der Waals surface area (Å²) in [6, 6.07) is 7.88. The third-order valence-corrected chi connectivity index (χ3v) is 1.66. The first-order valence-corrected chi connectivity index (χ1v) is 3.44. The van der Waals surface area contributed by atoms with Crippen molar-refractivity contribution in [2.24, 2.45) is 5.84 Å². The van der Waals surface area contributed by atoms with Gasteiger partial charge in [0.25, 0.3) is 0 Å². The average Bonchev–Trinajstić information content (AvgIpc) is 2.06. The van der Waals surface area contributed by atoms with Crippen LogP contribution in [0.4, 0.5) is 11.4 Å². The molecule has 0 aliphatic carbocycles. The molecule has 0 unspecified atom stereocenters. The highest BCUT2D eigenvalue weighted by atomic mass is 15.4. The minimum absolute atomic E-state index is 0.995. The van der Waals surface area contributed by atoms with Crippen molar-refractivity contribution in [1.82, 2.24) is 0 Å². The summed E-state index contributed by atoms with van der Waals surface area (Å²) in [5, 5.41) is 4.68. The molecule has 3 nitrogen and oxygen atoms in total. The van der Waals surface area contributed by atoms with E-state index in [1.165, 1.54) is 0 Å². The lowest BCUT2D eigenvalue weighted by Crippen LogP contribution is -2.27. The van der Waals surface area contributed by atoms with E-state index >= 15 is 0 Å². The SMILES string of the molecule is NN1C=CNc2ccccc21. The zero-order valence-corrected chi connectivity index (χ0v) is 5.99. The van der Waals surface area contributed by atoms with Gasteiger partial charge in [-0.1, -0.05) is 12.1 Å². The minimum atomic E-state index is 0.995. The molecule has 0 radical (unpaired) electrons. The van der Waals surface area contributed by atoms with Gasteiger partial charge in [-0.15, -0.1) is 0 Å². The Bertz CT molecular complexity index is 293. The van der Waals surface area contributed by atoms with Crippen LogP contribution in [0.25, 0.3) is 0 Å². The molecule has 1 aromatic rings. The van der Waals surface area contributed by atoms with E-state index in [9.17, 15) is 0 Å². The highest BCUT2D eigenvalue weighted by Gasteiger charge is 2.06. The second kappa shape index (κ2) is 2.29. The lowest BCUT2D eigenvalue weighted by molar-refractivity contribution is 1.06. The van der Waals surface area contributed by atoms with E-state index in [2.05, 4.69) is 5.32 Å². The fourth-order valence-electron chi connectivity index (χ4n) is 1.11. The molecule has 1 aliphatic heterocycles. The van der Waals surface area contributed by atoms with Crippen molar-refractivity contribution in [3.63, 3.8) is 0 Å². The highest BCUT2D eigenvalue weighted by molar-refractivity contribution is 5.73. The van der Waals surface area contributed by atoms with E-state index in [0.29, 0.717) is 0 Å². The molecule has 1 aliphatic rings. The number of benzene rings is 1. The summed E-state index contributed by atoms with van der Waals surface area (Å²) >= 11 is 0. The summed E-state index contributed by atoms with van der Waals surface area (Å²) in [5.41, 5.74) is 2.03. The van der Waals surface area contributed by atoms with E-state index in [4.69, 9.17) is 5.84 Å². The largest absolute Gasteiger partial charge is 0.359 e. The molecular weight excluding hydrogens is 138 g/mol. The zero-order valence-electron chi connectivity index (χ0n) is 5.99. The first kappa shape index (κ1) is 6.24. The topological polar surface area (TPSA) is 41.3 Å². The van der Waals surface area contributed by atoms with Crippen molar-refractivity contribution in [2.75, 3.05) is 10.3 Å². The van der Waals surface area contributed by atoms with Gasteiger partial charge in [-0.25, -0.2) is 5.84 Å². The molecule has 2 rings (SSSR count). The molecule has 56 valence electrons. The molecule has 0 saturated carbocycles. The van der Waals surface area contributed by atoms with Crippen LogP contribution < -0.4 is 16.2 Å². The molecule has 0 atom stereocenters. The molecule has 0 fully saturated rings. The van der Waals surface area contributed by atoms with Crippen LogP contribution in [-0.2, 0) is 0 Å². The lowest BCUT2D eigenvalue weighted by Gasteiger charge is -2.21. The van der Waals surface area contributed by atoms with E-state index in [1.54, 1.807) is 11.2 Å². The number of fused-ring (bicyclic) bond motifs is 1. The van der Waals surface area contributed by atoms with Crippen molar-refractivity contribution in [1.29, 1.82) is 0 Å². The maximum Gasteiger partial charge on any atom is 0.0803 e. The summed E-state index contributed by atoms with van der Waals surface area (Å²) < 4.78 is 0. The van der Waals surface area contributed by atoms with E-state index < -0.39 is 0 Å². The van der Waals surface area contributed by atoms with Gasteiger partial charge in [0.15, 0.2) is 0 Å². The number of para-hydroxylation sites is 2. The second-order valence-electron chi connectivity index (χ2n) is 2.38. The summed E-state index contributed by atoms with van der Waals surface area (Å²) in [6.45, 7) is 0. The molecular formula is C8H9N3. The monoisotopic (exact) mass is 147 g/mol. The molecule has 0 amide bonds. The van der Waals surface area contributed by atoms with Crippen LogP contribution in [-0.4, -0.2) is 0 Å². The summed E-state index contributed by atoms with van der Waals surface area (Å²) in [6.07, 6.45) is 3.59.